The Balaban J connectivity index is 2.47. The molecule has 0 atom stereocenters. The van der Waals surface area contributed by atoms with E-state index >= 15 is 0 Å². The first-order chi connectivity index (χ1) is 6.02. The molecule has 0 aliphatic rings. The number of hydrogen-bond donors (Lipinski definition) is 1. The van der Waals surface area contributed by atoms with Crippen molar-refractivity contribution in [1.82, 2.24) is 4.98 Å². The van der Waals surface area contributed by atoms with E-state index in [1.165, 1.54) is 17.5 Å². The van der Waals surface area contributed by atoms with Gasteiger partial charge in [0.2, 0.25) is 0 Å². The van der Waals surface area contributed by atoms with E-state index in [9.17, 15) is 13.6 Å². The molecule has 1 aromatic rings. The van der Waals surface area contributed by atoms with Crippen molar-refractivity contribution >= 4 is 17.3 Å². The van der Waals surface area contributed by atoms with Gasteiger partial charge in [-0.3, -0.25) is 0 Å². The summed E-state index contributed by atoms with van der Waals surface area (Å²) in [7, 11) is 0. The fourth-order valence-electron chi connectivity index (χ4n) is 0.747. The zero-order chi connectivity index (χ0) is 9.90. The number of alkyl halides is 2. The molecule has 3 nitrogen and oxygen atoms in total. The highest BCUT2D eigenvalue weighted by Gasteiger charge is 2.38. The van der Waals surface area contributed by atoms with Crippen LogP contribution in [0.5, 0.6) is 0 Å². The normalized spacial score (nSPS) is 11.5. The van der Waals surface area contributed by atoms with E-state index in [1.54, 1.807) is 5.38 Å². The lowest BCUT2D eigenvalue weighted by Gasteiger charge is -2.08. The summed E-state index contributed by atoms with van der Waals surface area (Å²) in [6, 6.07) is 0. The second-order valence-corrected chi connectivity index (χ2v) is 3.41. The Hall–Kier alpha value is -1.04. The highest BCUT2D eigenvalue weighted by Crippen LogP contribution is 2.21. The van der Waals surface area contributed by atoms with Crippen LogP contribution in [-0.2, 0) is 11.2 Å². The predicted molar refractivity (Wildman–Crippen MR) is 43.0 cm³/mol. The first-order valence-corrected chi connectivity index (χ1v) is 4.40. The molecule has 0 aromatic carbocycles. The molecule has 0 saturated heterocycles. The number of aromatic nitrogens is 1. The maximum atomic E-state index is 12.5. The van der Waals surface area contributed by atoms with Gasteiger partial charge in [0, 0.05) is 24.4 Å². The van der Waals surface area contributed by atoms with E-state index in [0.29, 0.717) is 5.01 Å². The summed E-state index contributed by atoms with van der Waals surface area (Å²) in [5.74, 6) is -5.73. The average molecular weight is 207 g/mol. The Bertz CT molecular complexity index is 287. The van der Waals surface area contributed by atoms with E-state index < -0.39 is 18.3 Å². The minimum absolute atomic E-state index is 0.00301. The quantitative estimate of drug-likeness (QED) is 0.818. The lowest BCUT2D eigenvalue weighted by molar-refractivity contribution is -0.165. The van der Waals surface area contributed by atoms with Crippen LogP contribution in [0.15, 0.2) is 11.6 Å². The molecule has 13 heavy (non-hydrogen) atoms. The Labute approximate surface area is 77.0 Å². The molecule has 1 aromatic heterocycles. The lowest BCUT2D eigenvalue weighted by atomic mass is 10.2. The average Bonchev–Trinajstić information content (AvgIpc) is 2.52. The van der Waals surface area contributed by atoms with E-state index in [2.05, 4.69) is 4.98 Å². The van der Waals surface area contributed by atoms with Gasteiger partial charge >= 0.3 is 11.9 Å². The van der Waals surface area contributed by atoms with Gasteiger partial charge in [-0.25, -0.2) is 9.78 Å². The van der Waals surface area contributed by atoms with Crippen LogP contribution in [0.1, 0.15) is 11.4 Å². The zero-order valence-electron chi connectivity index (χ0n) is 6.54. The Morgan fingerprint density at radius 1 is 1.69 bits per heavy atom. The van der Waals surface area contributed by atoms with Crippen LogP contribution in [0.2, 0.25) is 0 Å². The summed E-state index contributed by atoms with van der Waals surface area (Å²) in [5, 5.41) is 10.3. The number of thiazole rings is 1. The van der Waals surface area contributed by atoms with E-state index in [0.717, 1.165) is 0 Å². The van der Waals surface area contributed by atoms with Crippen molar-refractivity contribution < 1.29 is 18.7 Å². The predicted octanol–water partition coefficient (Wildman–Crippen LogP) is 1.80. The first-order valence-electron chi connectivity index (χ1n) is 3.52. The zero-order valence-corrected chi connectivity index (χ0v) is 7.35. The van der Waals surface area contributed by atoms with Crippen LogP contribution in [-0.4, -0.2) is 22.0 Å². The smallest absolute Gasteiger partial charge is 0.374 e. The molecule has 72 valence electrons. The maximum Gasteiger partial charge on any atom is 0.374 e. The third kappa shape index (κ3) is 2.73. The van der Waals surface area contributed by atoms with Crippen molar-refractivity contribution in [2.45, 2.75) is 18.8 Å². The van der Waals surface area contributed by atoms with E-state index in [4.69, 9.17) is 5.11 Å². The molecule has 6 heteroatoms. The van der Waals surface area contributed by atoms with Crippen LogP contribution in [0.4, 0.5) is 8.78 Å². The summed E-state index contributed by atoms with van der Waals surface area (Å²) >= 11 is 1.24. The van der Waals surface area contributed by atoms with Gasteiger partial charge in [0.15, 0.2) is 0 Å². The van der Waals surface area contributed by atoms with Crippen molar-refractivity contribution in [2.75, 3.05) is 0 Å². The van der Waals surface area contributed by atoms with Gasteiger partial charge in [-0.2, -0.15) is 8.78 Å². The highest BCUT2D eigenvalue weighted by atomic mass is 32.1. The van der Waals surface area contributed by atoms with Crippen molar-refractivity contribution in [3.8, 4) is 0 Å². The Morgan fingerprint density at radius 2 is 2.38 bits per heavy atom. The number of hydrogen-bond acceptors (Lipinski definition) is 3. The molecule has 1 rings (SSSR count). The molecular weight excluding hydrogens is 200 g/mol. The summed E-state index contributed by atoms with van der Waals surface area (Å²) in [6.07, 6.45) is 0.797. The summed E-state index contributed by atoms with van der Waals surface area (Å²) in [4.78, 5) is 13.8. The standard InChI is InChI=1S/C7H7F2NO2S/c8-7(9,6(11)12)2-1-5-10-3-4-13-5/h3-4H,1-2H2,(H,11,12). The fraction of sp³-hybridized carbons (Fsp3) is 0.429. The summed E-state index contributed by atoms with van der Waals surface area (Å²) in [5.41, 5.74) is 0. The van der Waals surface area contributed by atoms with Crippen LogP contribution >= 0.6 is 11.3 Å². The van der Waals surface area contributed by atoms with Crippen molar-refractivity contribution in [3.05, 3.63) is 16.6 Å². The monoisotopic (exact) mass is 207 g/mol. The highest BCUT2D eigenvalue weighted by molar-refractivity contribution is 7.09. The molecule has 1 N–H and O–H groups in total. The van der Waals surface area contributed by atoms with Crippen LogP contribution < -0.4 is 0 Å². The van der Waals surface area contributed by atoms with Crippen LogP contribution in [0.25, 0.3) is 0 Å². The molecule has 0 saturated carbocycles. The SMILES string of the molecule is O=C(O)C(F)(F)CCc1nccs1. The van der Waals surface area contributed by atoms with Crippen molar-refractivity contribution in [2.24, 2.45) is 0 Å². The number of halogens is 2. The minimum Gasteiger partial charge on any atom is -0.477 e. The largest absolute Gasteiger partial charge is 0.477 e. The van der Waals surface area contributed by atoms with E-state index in [-0.39, 0.29) is 6.42 Å². The van der Waals surface area contributed by atoms with Gasteiger partial charge in [0.25, 0.3) is 0 Å². The molecule has 0 fully saturated rings. The molecular formula is C7H7F2NO2S. The Kier molecular flexibility index (Phi) is 2.92. The number of carboxylic acids is 1. The number of carbonyl (C=O) groups is 1. The van der Waals surface area contributed by atoms with Gasteiger partial charge in [0.05, 0.1) is 5.01 Å². The Morgan fingerprint density at radius 3 is 2.85 bits per heavy atom. The molecule has 0 amide bonds. The van der Waals surface area contributed by atoms with Crippen LogP contribution in [0, 0.1) is 0 Å². The molecule has 0 aliphatic carbocycles. The van der Waals surface area contributed by atoms with Gasteiger partial charge in [-0.05, 0) is 0 Å². The molecule has 0 bridgehead atoms. The molecule has 0 unspecified atom stereocenters. The van der Waals surface area contributed by atoms with Crippen LogP contribution in [0.3, 0.4) is 0 Å². The fourth-order valence-corrected chi connectivity index (χ4v) is 1.37. The molecule has 1 heterocycles. The molecule has 0 radical (unpaired) electrons. The first kappa shape index (κ1) is 10.0. The number of aliphatic carboxylic acids is 1. The second-order valence-electron chi connectivity index (χ2n) is 2.44. The van der Waals surface area contributed by atoms with Gasteiger partial charge in [0.1, 0.15) is 0 Å². The van der Waals surface area contributed by atoms with Gasteiger partial charge < -0.3 is 5.11 Å². The molecule has 0 aliphatic heterocycles. The summed E-state index contributed by atoms with van der Waals surface area (Å²) in [6.45, 7) is 0. The minimum atomic E-state index is -3.65. The number of nitrogens with zero attached hydrogens (tertiary/aromatic N) is 1. The third-order valence-electron chi connectivity index (χ3n) is 1.45. The van der Waals surface area contributed by atoms with Gasteiger partial charge in [-0.15, -0.1) is 11.3 Å². The van der Waals surface area contributed by atoms with Crippen molar-refractivity contribution in [1.29, 1.82) is 0 Å². The number of carboxylic acid groups (broad SMARTS) is 1. The topological polar surface area (TPSA) is 50.2 Å². The maximum absolute atomic E-state index is 12.5. The summed E-state index contributed by atoms with van der Waals surface area (Å²) < 4.78 is 25.0. The third-order valence-corrected chi connectivity index (χ3v) is 2.29. The van der Waals surface area contributed by atoms with Gasteiger partial charge in [-0.1, -0.05) is 0 Å². The lowest BCUT2D eigenvalue weighted by Crippen LogP contribution is -2.28. The molecule has 0 spiro atoms. The number of aryl methyl sites for hydroxylation is 1. The number of rotatable bonds is 4. The van der Waals surface area contributed by atoms with Crippen molar-refractivity contribution in [3.63, 3.8) is 0 Å². The second kappa shape index (κ2) is 3.78. The van der Waals surface area contributed by atoms with E-state index in [1.807, 2.05) is 0 Å².